The molecular weight excluding hydrogens is 334 g/mol. The normalized spacial score (nSPS) is 25.5. The molecule has 1 aromatic rings. The van der Waals surface area contributed by atoms with Crippen LogP contribution < -0.4 is 10.1 Å². The summed E-state index contributed by atoms with van der Waals surface area (Å²) in [6.07, 6.45) is 7.78. The van der Waals surface area contributed by atoms with Crippen LogP contribution in [0.5, 0.6) is 5.75 Å². The zero-order chi connectivity index (χ0) is 18.4. The lowest BCUT2D eigenvalue weighted by atomic mass is 9.82. The number of allylic oxidation sites excluding steroid dienone is 2. The first-order valence-corrected chi connectivity index (χ1v) is 9.17. The Bertz CT molecular complexity index is 666. The number of carbonyl (C=O) groups excluding carboxylic acids is 1. The van der Waals surface area contributed by atoms with Gasteiger partial charge in [0.2, 0.25) is 5.91 Å². The van der Waals surface area contributed by atoms with E-state index >= 15 is 0 Å². The number of ether oxygens (including phenoxy) is 2. The Morgan fingerprint density at radius 2 is 1.92 bits per heavy atom. The van der Waals surface area contributed by atoms with Crippen LogP contribution in [0, 0.1) is 11.8 Å². The lowest BCUT2D eigenvalue weighted by molar-refractivity contribution is -0.146. The Kier molecular flexibility index (Phi) is 6.28. The van der Waals surface area contributed by atoms with Crippen molar-refractivity contribution in [2.24, 2.45) is 11.8 Å². The number of hydrogen-bond acceptors (Lipinski definition) is 4. The Hall–Kier alpha value is -2.34. The van der Waals surface area contributed by atoms with Gasteiger partial charge in [0.05, 0.1) is 23.6 Å². The van der Waals surface area contributed by atoms with Crippen LogP contribution in [-0.2, 0) is 14.3 Å². The number of amides is 1. The fourth-order valence-electron chi connectivity index (χ4n) is 3.42. The van der Waals surface area contributed by atoms with Gasteiger partial charge in [0.1, 0.15) is 12.4 Å². The molecule has 0 radical (unpaired) electrons. The third kappa shape index (κ3) is 4.64. The highest BCUT2D eigenvalue weighted by atomic mass is 16.5. The fraction of sp³-hybridized carbons (Fsp3) is 0.500. The predicted molar refractivity (Wildman–Crippen MR) is 97.1 cm³/mol. The molecule has 0 saturated carbocycles. The Labute approximate surface area is 153 Å². The van der Waals surface area contributed by atoms with Crippen LogP contribution in [0.15, 0.2) is 36.4 Å². The van der Waals surface area contributed by atoms with Gasteiger partial charge < -0.3 is 19.9 Å². The van der Waals surface area contributed by atoms with Gasteiger partial charge in [0.15, 0.2) is 0 Å². The number of benzene rings is 1. The van der Waals surface area contributed by atoms with Gasteiger partial charge in [-0.3, -0.25) is 9.59 Å². The highest BCUT2D eigenvalue weighted by Gasteiger charge is 2.34. The first kappa shape index (κ1) is 18.5. The summed E-state index contributed by atoms with van der Waals surface area (Å²) < 4.78 is 11.5. The average Bonchev–Trinajstić information content (AvgIpc) is 2.68. The summed E-state index contributed by atoms with van der Waals surface area (Å²) in [4.78, 5) is 24.1. The van der Waals surface area contributed by atoms with Crippen LogP contribution in [0.2, 0.25) is 0 Å². The molecule has 2 aliphatic rings. The summed E-state index contributed by atoms with van der Waals surface area (Å²) in [6, 6.07) is 7.22. The maximum atomic E-state index is 12.7. The summed E-state index contributed by atoms with van der Waals surface area (Å²) in [5.41, 5.74) is 0.562. The number of carboxylic acid groups (broad SMARTS) is 1. The smallest absolute Gasteiger partial charge is 0.307 e. The molecule has 0 aromatic heterocycles. The molecule has 1 fully saturated rings. The second-order valence-electron chi connectivity index (χ2n) is 6.78. The van der Waals surface area contributed by atoms with Crippen molar-refractivity contribution in [3.8, 4) is 5.75 Å². The number of aliphatic carboxylic acids is 1. The Morgan fingerprint density at radius 1 is 1.15 bits per heavy atom. The van der Waals surface area contributed by atoms with E-state index in [2.05, 4.69) is 5.32 Å². The van der Waals surface area contributed by atoms with Gasteiger partial charge in [-0.05, 0) is 44.2 Å². The number of nitrogens with one attached hydrogen (secondary N) is 1. The van der Waals surface area contributed by atoms with Crippen LogP contribution in [0.25, 0.3) is 0 Å². The highest BCUT2D eigenvalue weighted by Crippen LogP contribution is 2.30. The summed E-state index contributed by atoms with van der Waals surface area (Å²) in [5.74, 6) is -1.91. The second kappa shape index (κ2) is 8.85. The van der Waals surface area contributed by atoms with E-state index in [1.54, 1.807) is 12.1 Å². The van der Waals surface area contributed by atoms with E-state index in [-0.39, 0.29) is 12.0 Å². The van der Waals surface area contributed by atoms with Crippen molar-refractivity contribution in [1.82, 2.24) is 0 Å². The molecule has 1 aliphatic heterocycles. The summed E-state index contributed by atoms with van der Waals surface area (Å²) in [5, 5.41) is 12.2. The molecule has 1 saturated heterocycles. The largest absolute Gasteiger partial charge is 0.489 e. The van der Waals surface area contributed by atoms with Crippen LogP contribution in [-0.4, -0.2) is 36.3 Å². The Balaban J connectivity index is 1.64. The van der Waals surface area contributed by atoms with Crippen molar-refractivity contribution in [2.45, 2.75) is 38.2 Å². The van der Waals surface area contributed by atoms with Crippen LogP contribution >= 0.6 is 0 Å². The molecule has 1 amide bonds. The topological polar surface area (TPSA) is 84.9 Å². The molecule has 0 spiro atoms. The summed E-state index contributed by atoms with van der Waals surface area (Å²) >= 11 is 0. The minimum Gasteiger partial charge on any atom is -0.489 e. The molecule has 140 valence electrons. The van der Waals surface area contributed by atoms with E-state index in [4.69, 9.17) is 9.47 Å². The van der Waals surface area contributed by atoms with E-state index in [1.807, 2.05) is 24.3 Å². The van der Waals surface area contributed by atoms with Gasteiger partial charge in [-0.15, -0.1) is 0 Å². The van der Waals surface area contributed by atoms with E-state index in [0.29, 0.717) is 30.9 Å². The van der Waals surface area contributed by atoms with Gasteiger partial charge in [0.25, 0.3) is 0 Å². The standard InChI is InChI=1S/C20H25NO5/c22-19(15-8-1-2-9-16(15)20(23)24)21-17-10-3-4-11-18(17)26-13-14-7-5-6-12-25-14/h1-4,10-11,14-16H,5-9,12-13H2,(H,21,22)(H,23,24)/t14-,15+,16-/m1/s1. The first-order chi connectivity index (χ1) is 12.6. The molecular formula is C20H25NO5. The third-order valence-electron chi connectivity index (χ3n) is 4.93. The van der Waals surface area contributed by atoms with Gasteiger partial charge in [0, 0.05) is 6.61 Å². The monoisotopic (exact) mass is 359 g/mol. The molecule has 0 bridgehead atoms. The molecule has 1 aliphatic carbocycles. The lowest BCUT2D eigenvalue weighted by Gasteiger charge is -2.25. The predicted octanol–water partition coefficient (Wildman–Crippen LogP) is 3.24. The number of carbonyl (C=O) groups is 2. The average molecular weight is 359 g/mol. The maximum Gasteiger partial charge on any atom is 0.307 e. The van der Waals surface area contributed by atoms with Gasteiger partial charge in [-0.25, -0.2) is 0 Å². The third-order valence-corrected chi connectivity index (χ3v) is 4.93. The number of para-hydroxylation sites is 2. The molecule has 2 N–H and O–H groups in total. The van der Waals surface area contributed by atoms with Crippen molar-refractivity contribution in [1.29, 1.82) is 0 Å². The SMILES string of the molecule is O=C(Nc1ccccc1OC[C@H]1CCCCO1)[C@H]1CC=CC[C@H]1C(=O)O. The quantitative estimate of drug-likeness (QED) is 0.762. The zero-order valence-corrected chi connectivity index (χ0v) is 14.7. The van der Waals surface area contributed by atoms with Crippen LogP contribution in [0.3, 0.4) is 0 Å². The number of anilines is 1. The van der Waals surface area contributed by atoms with E-state index in [9.17, 15) is 14.7 Å². The van der Waals surface area contributed by atoms with E-state index < -0.39 is 17.8 Å². The molecule has 6 heteroatoms. The van der Waals surface area contributed by atoms with Gasteiger partial charge in [-0.1, -0.05) is 24.3 Å². The van der Waals surface area contributed by atoms with Crippen molar-refractivity contribution in [3.63, 3.8) is 0 Å². The molecule has 1 aromatic carbocycles. The Morgan fingerprint density at radius 3 is 2.65 bits per heavy atom. The number of hydrogen-bond donors (Lipinski definition) is 2. The van der Waals surface area contributed by atoms with E-state index in [0.717, 1.165) is 25.9 Å². The molecule has 3 rings (SSSR count). The molecule has 26 heavy (non-hydrogen) atoms. The highest BCUT2D eigenvalue weighted by molar-refractivity contribution is 5.96. The number of rotatable bonds is 6. The van der Waals surface area contributed by atoms with Crippen LogP contribution in [0.1, 0.15) is 32.1 Å². The minimum atomic E-state index is -0.937. The zero-order valence-electron chi connectivity index (χ0n) is 14.7. The van der Waals surface area contributed by atoms with Crippen molar-refractivity contribution in [3.05, 3.63) is 36.4 Å². The molecule has 1 heterocycles. The second-order valence-corrected chi connectivity index (χ2v) is 6.78. The van der Waals surface area contributed by atoms with Gasteiger partial charge in [-0.2, -0.15) is 0 Å². The summed E-state index contributed by atoms with van der Waals surface area (Å²) in [6.45, 7) is 1.20. The van der Waals surface area contributed by atoms with Crippen molar-refractivity contribution >= 4 is 17.6 Å². The van der Waals surface area contributed by atoms with Gasteiger partial charge >= 0.3 is 5.97 Å². The molecule has 6 nitrogen and oxygen atoms in total. The summed E-state index contributed by atoms with van der Waals surface area (Å²) in [7, 11) is 0. The van der Waals surface area contributed by atoms with Crippen LogP contribution in [0.4, 0.5) is 5.69 Å². The fourth-order valence-corrected chi connectivity index (χ4v) is 3.42. The van der Waals surface area contributed by atoms with E-state index in [1.165, 1.54) is 0 Å². The minimum absolute atomic E-state index is 0.0763. The molecule has 3 atom stereocenters. The molecule has 0 unspecified atom stereocenters. The number of carboxylic acids is 1. The first-order valence-electron chi connectivity index (χ1n) is 9.17. The lowest BCUT2D eigenvalue weighted by Crippen LogP contribution is -2.34. The van der Waals surface area contributed by atoms with Crippen molar-refractivity contribution in [2.75, 3.05) is 18.5 Å². The van der Waals surface area contributed by atoms with Crippen molar-refractivity contribution < 1.29 is 24.2 Å². The maximum absolute atomic E-state index is 12.7.